The lowest BCUT2D eigenvalue weighted by molar-refractivity contribution is 0.195. The molecule has 0 unspecified atom stereocenters. The first-order valence-electron chi connectivity index (χ1n) is 7.98. The van der Waals surface area contributed by atoms with Crippen molar-refractivity contribution in [2.24, 2.45) is 0 Å². The number of hydrogen-bond acceptors (Lipinski definition) is 5. The maximum Gasteiger partial charge on any atom is 0.203 e. The highest BCUT2D eigenvalue weighted by molar-refractivity contribution is 5.65. The van der Waals surface area contributed by atoms with E-state index in [0.29, 0.717) is 12.6 Å². The smallest absolute Gasteiger partial charge is 0.203 e. The third-order valence-electron chi connectivity index (χ3n) is 4.64. The van der Waals surface area contributed by atoms with Crippen molar-refractivity contribution in [3.05, 3.63) is 53.9 Å². The predicted molar refractivity (Wildman–Crippen MR) is 89.4 cm³/mol. The molecule has 3 heterocycles. The molecule has 0 bridgehead atoms. The highest BCUT2D eigenvalue weighted by Crippen LogP contribution is 2.25. The molecular weight excluding hydrogens is 307 g/mol. The molecule has 0 aliphatic carbocycles. The van der Waals surface area contributed by atoms with Crippen LogP contribution < -0.4 is 4.90 Å². The SMILES string of the molecule is Cc1nnc2c(N3CC(N(C)Cc4ccccc4F)C3)nccn12. The number of halogens is 1. The van der Waals surface area contributed by atoms with Crippen LogP contribution in [0, 0.1) is 12.7 Å². The minimum atomic E-state index is -0.147. The van der Waals surface area contributed by atoms with Gasteiger partial charge in [-0.05, 0) is 20.0 Å². The van der Waals surface area contributed by atoms with Crippen LogP contribution in [0.2, 0.25) is 0 Å². The van der Waals surface area contributed by atoms with Gasteiger partial charge in [0.25, 0.3) is 0 Å². The van der Waals surface area contributed by atoms with E-state index in [1.54, 1.807) is 12.3 Å². The molecule has 4 rings (SSSR count). The van der Waals surface area contributed by atoms with Gasteiger partial charge in [0.15, 0.2) is 5.82 Å². The van der Waals surface area contributed by atoms with Crippen LogP contribution in [-0.2, 0) is 6.54 Å². The Bertz CT molecular complexity index is 870. The number of fused-ring (bicyclic) bond motifs is 1. The number of rotatable bonds is 4. The Labute approximate surface area is 139 Å². The minimum Gasteiger partial charge on any atom is -0.350 e. The van der Waals surface area contributed by atoms with Crippen molar-refractivity contribution >= 4 is 11.5 Å². The lowest BCUT2D eigenvalue weighted by atomic mass is 10.1. The van der Waals surface area contributed by atoms with E-state index in [9.17, 15) is 4.39 Å². The largest absolute Gasteiger partial charge is 0.350 e. The van der Waals surface area contributed by atoms with Gasteiger partial charge < -0.3 is 4.90 Å². The summed E-state index contributed by atoms with van der Waals surface area (Å²) in [6, 6.07) is 7.31. The highest BCUT2D eigenvalue weighted by atomic mass is 19.1. The fourth-order valence-corrected chi connectivity index (χ4v) is 3.08. The number of aryl methyl sites for hydroxylation is 1. The first-order valence-corrected chi connectivity index (χ1v) is 7.98. The van der Waals surface area contributed by atoms with Crippen LogP contribution in [0.1, 0.15) is 11.4 Å². The number of likely N-dealkylation sites (N-methyl/N-ethyl adjacent to an activating group) is 1. The van der Waals surface area contributed by atoms with Gasteiger partial charge in [-0.1, -0.05) is 18.2 Å². The van der Waals surface area contributed by atoms with Crippen molar-refractivity contribution in [2.75, 3.05) is 25.0 Å². The van der Waals surface area contributed by atoms with Crippen molar-refractivity contribution < 1.29 is 4.39 Å². The summed E-state index contributed by atoms with van der Waals surface area (Å²) in [7, 11) is 2.03. The molecule has 1 aliphatic heterocycles. The Morgan fingerprint density at radius 2 is 2.04 bits per heavy atom. The van der Waals surface area contributed by atoms with E-state index >= 15 is 0 Å². The number of anilines is 1. The fraction of sp³-hybridized carbons (Fsp3) is 0.353. The van der Waals surface area contributed by atoms with Gasteiger partial charge in [-0.3, -0.25) is 9.30 Å². The summed E-state index contributed by atoms with van der Waals surface area (Å²) in [6.45, 7) is 4.23. The van der Waals surface area contributed by atoms with Crippen LogP contribution in [0.3, 0.4) is 0 Å². The molecule has 1 aliphatic rings. The van der Waals surface area contributed by atoms with E-state index in [4.69, 9.17) is 0 Å². The Hall–Kier alpha value is -2.54. The normalized spacial score (nSPS) is 15.2. The van der Waals surface area contributed by atoms with Crippen molar-refractivity contribution in [1.29, 1.82) is 0 Å². The Morgan fingerprint density at radius 3 is 2.83 bits per heavy atom. The molecule has 0 N–H and O–H groups in total. The molecular formula is C17H19FN6. The van der Waals surface area contributed by atoms with Gasteiger partial charge in [0.1, 0.15) is 11.6 Å². The second-order valence-corrected chi connectivity index (χ2v) is 6.26. The first-order chi connectivity index (χ1) is 11.6. The lowest BCUT2D eigenvalue weighted by Crippen LogP contribution is -2.58. The molecule has 7 heteroatoms. The first kappa shape index (κ1) is 15.0. The maximum absolute atomic E-state index is 13.8. The van der Waals surface area contributed by atoms with Crippen molar-refractivity contribution in [3.63, 3.8) is 0 Å². The molecule has 0 amide bonds. The summed E-state index contributed by atoms with van der Waals surface area (Å²) in [5.74, 6) is 1.56. The Balaban J connectivity index is 1.45. The molecule has 1 fully saturated rings. The second-order valence-electron chi connectivity index (χ2n) is 6.26. The summed E-state index contributed by atoms with van der Waals surface area (Å²) >= 11 is 0. The molecule has 24 heavy (non-hydrogen) atoms. The fourth-order valence-electron chi connectivity index (χ4n) is 3.08. The maximum atomic E-state index is 13.8. The van der Waals surface area contributed by atoms with Crippen LogP contribution in [0.25, 0.3) is 5.65 Å². The Morgan fingerprint density at radius 1 is 1.25 bits per heavy atom. The molecule has 0 spiro atoms. The molecule has 0 saturated carbocycles. The molecule has 2 aromatic heterocycles. The van der Waals surface area contributed by atoms with Crippen LogP contribution in [0.15, 0.2) is 36.7 Å². The van der Waals surface area contributed by atoms with Crippen LogP contribution in [0.4, 0.5) is 10.2 Å². The van der Waals surface area contributed by atoms with E-state index < -0.39 is 0 Å². The quantitative estimate of drug-likeness (QED) is 0.733. The zero-order valence-electron chi connectivity index (χ0n) is 13.7. The summed E-state index contributed by atoms with van der Waals surface area (Å²) in [6.07, 6.45) is 3.64. The third-order valence-corrected chi connectivity index (χ3v) is 4.64. The average molecular weight is 326 g/mol. The molecule has 1 aromatic carbocycles. The minimum absolute atomic E-state index is 0.147. The lowest BCUT2D eigenvalue weighted by Gasteiger charge is -2.44. The third kappa shape index (κ3) is 2.50. The van der Waals surface area contributed by atoms with Crippen molar-refractivity contribution in [2.45, 2.75) is 19.5 Å². The van der Waals surface area contributed by atoms with Crippen LogP contribution in [0.5, 0.6) is 0 Å². The molecule has 124 valence electrons. The van der Waals surface area contributed by atoms with Crippen molar-refractivity contribution in [3.8, 4) is 0 Å². The van der Waals surface area contributed by atoms with Gasteiger partial charge in [-0.2, -0.15) is 0 Å². The number of hydrogen-bond donors (Lipinski definition) is 0. The molecule has 1 saturated heterocycles. The number of aromatic nitrogens is 4. The monoisotopic (exact) mass is 326 g/mol. The zero-order valence-corrected chi connectivity index (χ0v) is 13.7. The van der Waals surface area contributed by atoms with Crippen LogP contribution >= 0.6 is 0 Å². The van der Waals surface area contributed by atoms with Gasteiger partial charge in [-0.25, -0.2) is 9.37 Å². The van der Waals surface area contributed by atoms with E-state index in [-0.39, 0.29) is 5.82 Å². The zero-order chi connectivity index (χ0) is 16.7. The number of nitrogens with zero attached hydrogens (tertiary/aromatic N) is 6. The van der Waals surface area contributed by atoms with Crippen molar-refractivity contribution in [1.82, 2.24) is 24.5 Å². The summed E-state index contributed by atoms with van der Waals surface area (Å²) in [5.41, 5.74) is 1.51. The second kappa shape index (κ2) is 5.83. The number of benzene rings is 1. The van der Waals surface area contributed by atoms with Gasteiger partial charge in [0, 0.05) is 43.6 Å². The summed E-state index contributed by atoms with van der Waals surface area (Å²) in [4.78, 5) is 8.83. The molecule has 0 radical (unpaired) electrons. The average Bonchev–Trinajstić information content (AvgIpc) is 2.91. The topological polar surface area (TPSA) is 49.6 Å². The van der Waals surface area contributed by atoms with E-state index in [1.165, 1.54) is 6.07 Å². The van der Waals surface area contributed by atoms with Gasteiger partial charge in [0.2, 0.25) is 5.65 Å². The molecule has 6 nitrogen and oxygen atoms in total. The molecule has 3 aromatic rings. The van der Waals surface area contributed by atoms with Gasteiger partial charge in [-0.15, -0.1) is 10.2 Å². The van der Waals surface area contributed by atoms with Gasteiger partial charge in [0.05, 0.1) is 0 Å². The van der Waals surface area contributed by atoms with Gasteiger partial charge >= 0.3 is 0 Å². The Kier molecular flexibility index (Phi) is 3.65. The van der Waals surface area contributed by atoms with E-state index in [1.807, 2.05) is 36.7 Å². The predicted octanol–water partition coefficient (Wildman–Crippen LogP) is 1.89. The van der Waals surface area contributed by atoms with Crippen LogP contribution in [-0.4, -0.2) is 50.7 Å². The molecule has 0 atom stereocenters. The van der Waals surface area contributed by atoms with E-state index in [2.05, 4.69) is 25.0 Å². The standard InChI is InChI=1S/C17H19FN6/c1-12-20-21-17-16(19-7-8-24(12)17)23-10-14(11-23)22(2)9-13-5-3-4-6-15(13)18/h3-8,14H,9-11H2,1-2H3. The highest BCUT2D eigenvalue weighted by Gasteiger charge is 2.32. The van der Waals surface area contributed by atoms with E-state index in [0.717, 1.165) is 35.9 Å². The summed E-state index contributed by atoms with van der Waals surface area (Å²) in [5, 5.41) is 8.33. The summed E-state index contributed by atoms with van der Waals surface area (Å²) < 4.78 is 15.7.